The normalized spacial score (nSPS) is 13.4. The van der Waals surface area contributed by atoms with Gasteiger partial charge in [-0.25, -0.2) is 18.8 Å². The van der Waals surface area contributed by atoms with Crippen LogP contribution in [0.4, 0.5) is 55.3 Å². The highest BCUT2D eigenvalue weighted by molar-refractivity contribution is 5.99. The second kappa shape index (κ2) is 19.1. The standard InChI is InChI=1S/C22H24FN5O3.3C2HF3O2/c1-30-16-4-2-14(3-5-16)21(24)22(29)27-19-11-18(23)17(15-12-25-26-13-15)10-20(19)28-6-8-31-9-7-28;3*3-2(4,5)1(6)7/h2-5,10-13,21H,6-9,24H2,1H3,(H,25,26)(H,27,29);3*(H,6,7). The summed E-state index contributed by atoms with van der Waals surface area (Å²) >= 11 is 0. The van der Waals surface area contributed by atoms with Crippen molar-refractivity contribution in [1.29, 1.82) is 0 Å². The fraction of sp³-hybridized carbons (Fsp3) is 0.321. The lowest BCUT2D eigenvalue weighted by atomic mass is 10.0. The Bertz CT molecular complexity index is 1570. The van der Waals surface area contributed by atoms with Crippen LogP contribution in [0.3, 0.4) is 0 Å². The number of anilines is 2. The Morgan fingerprint density at radius 2 is 1.35 bits per heavy atom. The molecular weight excluding hydrogens is 740 g/mol. The number of carboxylic acids is 3. The van der Waals surface area contributed by atoms with Gasteiger partial charge in [-0.15, -0.1) is 0 Å². The summed E-state index contributed by atoms with van der Waals surface area (Å²) in [5, 5.41) is 30.8. The molecule has 1 amide bonds. The average molecular weight is 768 g/mol. The third-order valence-corrected chi connectivity index (χ3v) is 5.99. The smallest absolute Gasteiger partial charge is 0.490 e. The molecule has 2 aromatic carbocycles. The Hall–Kier alpha value is -5.65. The molecule has 1 saturated heterocycles. The number of aliphatic carboxylic acids is 3. The number of rotatable bonds is 6. The van der Waals surface area contributed by atoms with E-state index >= 15 is 0 Å². The van der Waals surface area contributed by atoms with Crippen LogP contribution in [-0.2, 0) is 23.9 Å². The third-order valence-electron chi connectivity index (χ3n) is 5.99. The molecule has 3 aromatic rings. The number of ether oxygens (including phenoxy) is 2. The number of H-pyrrole nitrogens is 1. The van der Waals surface area contributed by atoms with Gasteiger partial charge in [0.1, 0.15) is 17.6 Å². The van der Waals surface area contributed by atoms with Crippen molar-refractivity contribution >= 4 is 35.2 Å². The molecule has 0 spiro atoms. The summed E-state index contributed by atoms with van der Waals surface area (Å²) in [6, 6.07) is 9.07. The molecule has 1 aliphatic rings. The highest BCUT2D eigenvalue weighted by Gasteiger charge is 2.39. The van der Waals surface area contributed by atoms with Crippen LogP contribution in [0.5, 0.6) is 5.75 Å². The number of carboxylic acid groups (broad SMARTS) is 3. The lowest BCUT2D eigenvalue weighted by molar-refractivity contribution is -0.193. The van der Waals surface area contributed by atoms with E-state index < -0.39 is 54.2 Å². The molecule has 1 aromatic heterocycles. The number of halogens is 10. The van der Waals surface area contributed by atoms with Gasteiger partial charge in [0.05, 0.1) is 37.9 Å². The zero-order chi connectivity index (χ0) is 40.0. The minimum atomic E-state index is -5.08. The zero-order valence-electron chi connectivity index (χ0n) is 26.1. The number of hydrogen-bond acceptors (Lipinski definition) is 9. The Labute approximate surface area is 284 Å². The molecule has 7 N–H and O–H groups in total. The summed E-state index contributed by atoms with van der Waals surface area (Å²) in [7, 11) is 1.57. The van der Waals surface area contributed by atoms with Gasteiger partial charge >= 0.3 is 36.4 Å². The summed E-state index contributed by atoms with van der Waals surface area (Å²) in [6.07, 6.45) is -12.1. The topological polar surface area (TPSA) is 217 Å². The average Bonchev–Trinajstić information content (AvgIpc) is 3.59. The number of carbonyl (C=O) groups is 4. The lowest BCUT2D eigenvalue weighted by Gasteiger charge is -2.31. The number of hydrogen-bond donors (Lipinski definition) is 6. The molecule has 288 valence electrons. The molecule has 4 rings (SSSR count). The molecular formula is C28H27F10N5O9. The van der Waals surface area contributed by atoms with E-state index in [2.05, 4.69) is 20.4 Å². The van der Waals surface area contributed by atoms with Crippen LogP contribution in [0.15, 0.2) is 48.8 Å². The lowest BCUT2D eigenvalue weighted by Crippen LogP contribution is -2.37. The predicted molar refractivity (Wildman–Crippen MR) is 157 cm³/mol. The van der Waals surface area contributed by atoms with Crippen LogP contribution in [0.1, 0.15) is 11.6 Å². The molecule has 52 heavy (non-hydrogen) atoms. The molecule has 0 radical (unpaired) electrons. The number of carbonyl (C=O) groups excluding carboxylic acids is 1. The van der Waals surface area contributed by atoms with Crippen LogP contribution in [0.2, 0.25) is 0 Å². The van der Waals surface area contributed by atoms with Gasteiger partial charge in [0.2, 0.25) is 5.91 Å². The summed E-state index contributed by atoms with van der Waals surface area (Å²) in [5.74, 6) is -8.50. The maximum atomic E-state index is 14.9. The van der Waals surface area contributed by atoms with Gasteiger partial charge in [0.15, 0.2) is 0 Å². The second-order valence-electron chi connectivity index (χ2n) is 9.58. The number of nitrogens with zero attached hydrogens (tertiary/aromatic N) is 2. The van der Waals surface area contributed by atoms with E-state index in [4.69, 9.17) is 44.9 Å². The van der Waals surface area contributed by atoms with Gasteiger partial charge in [-0.1, -0.05) is 12.1 Å². The van der Waals surface area contributed by atoms with E-state index in [1.165, 1.54) is 6.07 Å². The van der Waals surface area contributed by atoms with Gasteiger partial charge in [0.25, 0.3) is 0 Å². The van der Waals surface area contributed by atoms with E-state index in [0.29, 0.717) is 60.1 Å². The number of amides is 1. The Morgan fingerprint density at radius 3 is 1.73 bits per heavy atom. The van der Waals surface area contributed by atoms with Gasteiger partial charge < -0.3 is 40.7 Å². The third kappa shape index (κ3) is 14.7. The Balaban J connectivity index is 0.000000525. The Morgan fingerprint density at radius 1 is 0.885 bits per heavy atom. The second-order valence-corrected chi connectivity index (χ2v) is 9.58. The van der Waals surface area contributed by atoms with Crippen molar-refractivity contribution in [1.82, 2.24) is 10.2 Å². The van der Waals surface area contributed by atoms with Crippen molar-refractivity contribution < 1.29 is 87.9 Å². The molecule has 0 aliphatic carbocycles. The summed E-state index contributed by atoms with van der Waals surface area (Å²) in [6.45, 7) is 2.36. The first-order valence-electron chi connectivity index (χ1n) is 13.7. The van der Waals surface area contributed by atoms with Crippen molar-refractivity contribution in [3.63, 3.8) is 0 Å². The van der Waals surface area contributed by atoms with Crippen LogP contribution < -0.4 is 20.7 Å². The molecule has 2 heterocycles. The predicted octanol–water partition coefficient (Wildman–Crippen LogP) is 4.60. The SMILES string of the molecule is COc1ccc(C(N)C(=O)Nc2cc(F)c(-c3cn[nH]c3)cc2N2CCOCC2)cc1.O=C(O)C(F)(F)F.O=C(O)C(F)(F)F.O=C(O)C(F)(F)F. The number of aromatic amines is 1. The van der Waals surface area contributed by atoms with Crippen molar-refractivity contribution in [3.8, 4) is 16.9 Å². The number of alkyl halides is 9. The van der Waals surface area contributed by atoms with E-state index in [-0.39, 0.29) is 0 Å². The van der Waals surface area contributed by atoms with E-state index in [9.17, 15) is 48.7 Å². The first-order valence-corrected chi connectivity index (χ1v) is 13.7. The monoisotopic (exact) mass is 767 g/mol. The highest BCUT2D eigenvalue weighted by atomic mass is 19.4. The fourth-order valence-electron chi connectivity index (χ4n) is 3.52. The summed E-state index contributed by atoms with van der Waals surface area (Å²) < 4.78 is 121. The van der Waals surface area contributed by atoms with Crippen LogP contribution in [-0.4, -0.2) is 101 Å². The van der Waals surface area contributed by atoms with E-state index in [0.717, 1.165) is 0 Å². The van der Waals surface area contributed by atoms with Crippen molar-refractivity contribution in [3.05, 3.63) is 60.2 Å². The van der Waals surface area contributed by atoms with Gasteiger partial charge in [0, 0.05) is 36.5 Å². The molecule has 1 aliphatic heterocycles. The number of methoxy groups -OCH3 is 1. The minimum Gasteiger partial charge on any atom is -0.497 e. The Kier molecular flexibility index (Phi) is 16.3. The molecule has 0 saturated carbocycles. The maximum Gasteiger partial charge on any atom is 0.490 e. The zero-order valence-corrected chi connectivity index (χ0v) is 26.1. The minimum absolute atomic E-state index is 0.362. The molecule has 24 heteroatoms. The van der Waals surface area contributed by atoms with Crippen molar-refractivity contribution in [2.24, 2.45) is 5.73 Å². The van der Waals surface area contributed by atoms with Crippen LogP contribution in [0, 0.1) is 5.82 Å². The first-order chi connectivity index (χ1) is 23.9. The molecule has 1 unspecified atom stereocenters. The maximum absolute atomic E-state index is 14.9. The molecule has 1 fully saturated rings. The van der Waals surface area contributed by atoms with Crippen molar-refractivity contribution in [2.45, 2.75) is 24.6 Å². The van der Waals surface area contributed by atoms with Crippen molar-refractivity contribution in [2.75, 3.05) is 43.6 Å². The number of morpholine rings is 1. The number of nitrogens with one attached hydrogen (secondary N) is 2. The summed E-state index contributed by atoms with van der Waals surface area (Å²) in [5.41, 5.74) is 8.87. The quantitative estimate of drug-likeness (QED) is 0.190. The fourth-order valence-corrected chi connectivity index (χ4v) is 3.52. The van der Waals surface area contributed by atoms with Crippen LogP contribution in [0.25, 0.3) is 11.1 Å². The number of aromatic nitrogens is 2. The first kappa shape index (κ1) is 44.4. The highest BCUT2D eigenvalue weighted by Crippen LogP contribution is 2.35. The largest absolute Gasteiger partial charge is 0.497 e. The van der Waals surface area contributed by atoms with E-state index in [1.807, 2.05) is 0 Å². The van der Waals surface area contributed by atoms with Gasteiger partial charge in [-0.3, -0.25) is 9.89 Å². The number of benzene rings is 2. The van der Waals surface area contributed by atoms with Gasteiger partial charge in [-0.05, 0) is 23.8 Å². The molecule has 1 atom stereocenters. The molecule has 14 nitrogen and oxygen atoms in total. The van der Waals surface area contributed by atoms with E-state index in [1.54, 1.807) is 49.8 Å². The summed E-state index contributed by atoms with van der Waals surface area (Å²) in [4.78, 5) is 41.6. The van der Waals surface area contributed by atoms with Crippen LogP contribution >= 0.6 is 0 Å². The number of nitrogens with two attached hydrogens (primary N) is 1. The van der Waals surface area contributed by atoms with Gasteiger partial charge in [-0.2, -0.15) is 44.6 Å². The molecule has 0 bridgehead atoms.